The van der Waals surface area contributed by atoms with E-state index in [1.54, 1.807) is 18.2 Å². The van der Waals surface area contributed by atoms with E-state index in [9.17, 15) is 14.9 Å². The summed E-state index contributed by atoms with van der Waals surface area (Å²) in [5.41, 5.74) is 0.584. The summed E-state index contributed by atoms with van der Waals surface area (Å²) in [7, 11) is 3.78. The number of carbonyl (C=O) groups is 1. The first-order valence-corrected chi connectivity index (χ1v) is 9.80. The van der Waals surface area contributed by atoms with E-state index in [0.29, 0.717) is 23.2 Å². The second-order valence-electron chi connectivity index (χ2n) is 6.29. The SMILES string of the molecule is CN(C)CCN(C(=O)c1cc([N+](=O)[O-])ccc1Cl)c1nc2ccc(Cl)cc2s1. The Balaban J connectivity index is 2.05. The number of thiazole rings is 1. The lowest BCUT2D eigenvalue weighted by molar-refractivity contribution is -0.384. The molecule has 3 rings (SSSR count). The topological polar surface area (TPSA) is 79.6 Å². The molecule has 0 saturated carbocycles. The highest BCUT2D eigenvalue weighted by Crippen LogP contribution is 2.32. The number of likely N-dealkylation sites (N-methyl/N-ethyl adjacent to an activating group) is 1. The molecule has 3 aromatic rings. The summed E-state index contributed by atoms with van der Waals surface area (Å²) in [6.07, 6.45) is 0. The number of aromatic nitrogens is 1. The number of nitrogens with zero attached hydrogens (tertiary/aromatic N) is 4. The molecule has 2 aromatic carbocycles. The molecule has 0 fully saturated rings. The molecule has 146 valence electrons. The maximum Gasteiger partial charge on any atom is 0.270 e. The van der Waals surface area contributed by atoms with Gasteiger partial charge in [-0.25, -0.2) is 4.98 Å². The molecule has 0 atom stereocenters. The van der Waals surface area contributed by atoms with Crippen molar-refractivity contribution in [3.63, 3.8) is 0 Å². The molecule has 0 aliphatic heterocycles. The smallest absolute Gasteiger partial charge is 0.270 e. The van der Waals surface area contributed by atoms with Gasteiger partial charge in [0.25, 0.3) is 11.6 Å². The van der Waals surface area contributed by atoms with Crippen LogP contribution in [0.25, 0.3) is 10.2 Å². The van der Waals surface area contributed by atoms with Gasteiger partial charge in [0.05, 0.1) is 25.7 Å². The Morgan fingerprint density at radius 1 is 1.18 bits per heavy atom. The van der Waals surface area contributed by atoms with Crippen LogP contribution in [0.5, 0.6) is 0 Å². The summed E-state index contributed by atoms with van der Waals surface area (Å²) in [5.74, 6) is -0.444. The number of hydrogen-bond donors (Lipinski definition) is 0. The van der Waals surface area contributed by atoms with Crippen molar-refractivity contribution in [2.24, 2.45) is 0 Å². The highest BCUT2D eigenvalue weighted by Gasteiger charge is 2.25. The van der Waals surface area contributed by atoms with Gasteiger partial charge >= 0.3 is 0 Å². The largest absolute Gasteiger partial charge is 0.308 e. The van der Waals surface area contributed by atoms with Crippen LogP contribution in [0, 0.1) is 10.1 Å². The van der Waals surface area contributed by atoms with Crippen LogP contribution < -0.4 is 4.90 Å². The first-order chi connectivity index (χ1) is 13.3. The minimum absolute atomic E-state index is 0.0620. The number of carbonyl (C=O) groups excluding carboxylic acids is 1. The monoisotopic (exact) mass is 438 g/mol. The molecule has 1 aromatic heterocycles. The third kappa shape index (κ3) is 4.41. The number of nitro groups is 1. The van der Waals surface area contributed by atoms with Gasteiger partial charge in [0.1, 0.15) is 0 Å². The van der Waals surface area contributed by atoms with Gasteiger partial charge in [0, 0.05) is 30.2 Å². The lowest BCUT2D eigenvalue weighted by Crippen LogP contribution is -2.37. The summed E-state index contributed by atoms with van der Waals surface area (Å²) in [6, 6.07) is 9.12. The number of non-ortho nitro benzene ring substituents is 1. The Morgan fingerprint density at radius 3 is 2.61 bits per heavy atom. The Kier molecular flexibility index (Phi) is 6.14. The molecular weight excluding hydrogens is 423 g/mol. The minimum atomic E-state index is -0.559. The molecule has 0 spiro atoms. The van der Waals surface area contributed by atoms with Crippen LogP contribution in [-0.2, 0) is 0 Å². The van der Waals surface area contributed by atoms with Crippen molar-refractivity contribution >= 4 is 61.5 Å². The molecule has 0 saturated heterocycles. The molecule has 0 bridgehead atoms. The number of halogens is 2. The van der Waals surface area contributed by atoms with E-state index in [4.69, 9.17) is 23.2 Å². The first kappa shape index (κ1) is 20.5. The third-order valence-electron chi connectivity index (χ3n) is 3.98. The van der Waals surface area contributed by atoms with Crippen molar-refractivity contribution in [2.45, 2.75) is 0 Å². The summed E-state index contributed by atoms with van der Waals surface area (Å²) >= 11 is 13.5. The normalized spacial score (nSPS) is 11.2. The van der Waals surface area contributed by atoms with Gasteiger partial charge in [-0.05, 0) is 38.4 Å². The maximum atomic E-state index is 13.2. The Bertz CT molecular complexity index is 1050. The standard InChI is InChI=1S/C18H16Cl2N4O3S/c1-22(2)7-8-23(18-21-15-6-3-11(19)9-16(15)28-18)17(25)13-10-12(24(26)27)4-5-14(13)20/h3-6,9-10H,7-8H2,1-2H3. The van der Waals surface area contributed by atoms with Crippen LogP contribution in [0.3, 0.4) is 0 Å². The predicted molar refractivity (Wildman–Crippen MR) is 113 cm³/mol. The quantitative estimate of drug-likeness (QED) is 0.410. The molecule has 1 amide bonds. The molecule has 0 N–H and O–H groups in total. The second kappa shape index (κ2) is 8.40. The number of amides is 1. The highest BCUT2D eigenvalue weighted by molar-refractivity contribution is 7.22. The molecule has 7 nitrogen and oxygen atoms in total. The average Bonchev–Trinajstić information content (AvgIpc) is 3.04. The number of hydrogen-bond acceptors (Lipinski definition) is 6. The lowest BCUT2D eigenvalue weighted by atomic mass is 10.1. The summed E-state index contributed by atoms with van der Waals surface area (Å²) in [6.45, 7) is 0.924. The Hall–Kier alpha value is -2.26. The van der Waals surface area contributed by atoms with E-state index in [1.165, 1.54) is 34.4 Å². The predicted octanol–water partition coefficient (Wildman–Crippen LogP) is 4.72. The van der Waals surface area contributed by atoms with E-state index >= 15 is 0 Å². The summed E-state index contributed by atoms with van der Waals surface area (Å²) in [4.78, 5) is 31.7. The zero-order chi connectivity index (χ0) is 20.4. The summed E-state index contributed by atoms with van der Waals surface area (Å²) in [5, 5.41) is 12.3. The van der Waals surface area contributed by atoms with Crippen LogP contribution in [0.2, 0.25) is 10.0 Å². The fourth-order valence-corrected chi connectivity index (χ4v) is 3.99. The summed E-state index contributed by atoms with van der Waals surface area (Å²) < 4.78 is 0.843. The molecular formula is C18H16Cl2N4O3S. The van der Waals surface area contributed by atoms with Gasteiger partial charge in [-0.3, -0.25) is 19.8 Å². The molecule has 0 aliphatic rings. The lowest BCUT2D eigenvalue weighted by Gasteiger charge is -2.22. The van der Waals surface area contributed by atoms with E-state index in [-0.39, 0.29) is 16.3 Å². The molecule has 10 heteroatoms. The van der Waals surface area contributed by atoms with Gasteiger partial charge in [-0.1, -0.05) is 34.5 Å². The molecule has 1 heterocycles. The van der Waals surface area contributed by atoms with Crippen molar-refractivity contribution in [2.75, 3.05) is 32.1 Å². The van der Waals surface area contributed by atoms with Crippen molar-refractivity contribution in [1.29, 1.82) is 0 Å². The van der Waals surface area contributed by atoms with Crippen molar-refractivity contribution in [1.82, 2.24) is 9.88 Å². The van der Waals surface area contributed by atoms with Gasteiger partial charge in [0.2, 0.25) is 0 Å². The van der Waals surface area contributed by atoms with Gasteiger partial charge in [-0.2, -0.15) is 0 Å². The molecule has 0 aliphatic carbocycles. The number of benzene rings is 2. The fourth-order valence-electron chi connectivity index (χ4n) is 2.52. The number of fused-ring (bicyclic) bond motifs is 1. The zero-order valence-electron chi connectivity index (χ0n) is 15.1. The van der Waals surface area contributed by atoms with Gasteiger partial charge in [-0.15, -0.1) is 0 Å². The van der Waals surface area contributed by atoms with E-state index in [1.807, 2.05) is 19.0 Å². The fraction of sp³-hybridized carbons (Fsp3) is 0.222. The zero-order valence-corrected chi connectivity index (χ0v) is 17.4. The van der Waals surface area contributed by atoms with Crippen LogP contribution >= 0.6 is 34.5 Å². The maximum absolute atomic E-state index is 13.2. The Labute approximate surface area is 175 Å². The van der Waals surface area contributed by atoms with Crippen molar-refractivity contribution in [3.8, 4) is 0 Å². The average molecular weight is 439 g/mol. The van der Waals surface area contributed by atoms with E-state index in [0.717, 1.165) is 10.2 Å². The van der Waals surface area contributed by atoms with E-state index in [2.05, 4.69) is 4.98 Å². The number of nitro benzene ring substituents is 1. The van der Waals surface area contributed by atoms with Crippen molar-refractivity contribution in [3.05, 3.63) is 62.1 Å². The highest BCUT2D eigenvalue weighted by atomic mass is 35.5. The van der Waals surface area contributed by atoms with Crippen LogP contribution in [0.15, 0.2) is 36.4 Å². The second-order valence-corrected chi connectivity index (χ2v) is 8.14. The van der Waals surface area contributed by atoms with Gasteiger partial charge in [0.15, 0.2) is 5.13 Å². The Morgan fingerprint density at radius 2 is 1.93 bits per heavy atom. The molecule has 0 radical (unpaired) electrons. The van der Waals surface area contributed by atoms with E-state index < -0.39 is 10.8 Å². The van der Waals surface area contributed by atoms with Gasteiger partial charge < -0.3 is 4.90 Å². The minimum Gasteiger partial charge on any atom is -0.308 e. The van der Waals surface area contributed by atoms with Crippen molar-refractivity contribution < 1.29 is 9.72 Å². The van der Waals surface area contributed by atoms with Crippen LogP contribution in [-0.4, -0.2) is 47.9 Å². The van der Waals surface area contributed by atoms with Crippen LogP contribution in [0.4, 0.5) is 10.8 Å². The third-order valence-corrected chi connectivity index (χ3v) is 5.58. The number of rotatable bonds is 6. The number of anilines is 1. The van der Waals surface area contributed by atoms with Crippen LogP contribution in [0.1, 0.15) is 10.4 Å². The molecule has 0 unspecified atom stereocenters. The first-order valence-electron chi connectivity index (χ1n) is 8.23. The molecule has 28 heavy (non-hydrogen) atoms.